The van der Waals surface area contributed by atoms with E-state index in [1.54, 1.807) is 42.4 Å². The van der Waals surface area contributed by atoms with E-state index in [2.05, 4.69) is 16.4 Å². The van der Waals surface area contributed by atoms with Crippen molar-refractivity contribution in [1.29, 1.82) is 0 Å². The van der Waals surface area contributed by atoms with E-state index in [1.165, 1.54) is 4.57 Å². The van der Waals surface area contributed by atoms with Gasteiger partial charge in [-0.1, -0.05) is 12.1 Å². The number of hydrogen-bond donors (Lipinski definition) is 2. The van der Waals surface area contributed by atoms with Gasteiger partial charge in [-0.15, -0.1) is 0 Å². The van der Waals surface area contributed by atoms with Gasteiger partial charge in [0.2, 0.25) is 0 Å². The maximum atomic E-state index is 13.7. The number of rotatable bonds is 9. The van der Waals surface area contributed by atoms with Crippen LogP contribution < -0.4 is 20.7 Å². The largest absolute Gasteiger partial charge is 0.392 e. The third-order valence-corrected chi connectivity index (χ3v) is 9.16. The van der Waals surface area contributed by atoms with Gasteiger partial charge in [-0.25, -0.2) is 4.98 Å². The molecule has 3 aromatic carbocycles. The molecule has 0 radical (unpaired) electrons. The number of aliphatic hydroxyl groups is 1. The van der Waals surface area contributed by atoms with Gasteiger partial charge in [0.1, 0.15) is 0 Å². The average molecular weight is 651 g/mol. The molecule has 2 amide bonds. The third kappa shape index (κ3) is 6.56. The number of ether oxygens (including phenoxy) is 1. The van der Waals surface area contributed by atoms with Gasteiger partial charge in [0.15, 0.2) is 5.82 Å². The molecule has 2 N–H and O–H groups in total. The molecular weight excluding hydrogens is 608 g/mol. The summed E-state index contributed by atoms with van der Waals surface area (Å²) in [5.41, 5.74) is 5.76. The Morgan fingerprint density at radius 3 is 2.46 bits per heavy atom. The van der Waals surface area contributed by atoms with Crippen LogP contribution in [0.5, 0.6) is 0 Å². The molecule has 1 aromatic heterocycles. The predicted molar refractivity (Wildman–Crippen MR) is 187 cm³/mol. The Hall–Kier alpha value is -5.00. The number of nitrogens with one attached hydrogen (secondary N) is 1. The molecule has 1 fully saturated rings. The number of carbonyl (C=O) groups excluding carboxylic acids is 2. The minimum Gasteiger partial charge on any atom is -0.392 e. The van der Waals surface area contributed by atoms with Crippen LogP contribution in [0.1, 0.15) is 51.6 Å². The summed E-state index contributed by atoms with van der Waals surface area (Å²) in [5.74, 6) is -0.0555. The second kappa shape index (κ2) is 14.0. The van der Waals surface area contributed by atoms with E-state index in [9.17, 15) is 19.5 Å². The van der Waals surface area contributed by atoms with Crippen LogP contribution in [0.15, 0.2) is 71.7 Å². The molecule has 250 valence electrons. The van der Waals surface area contributed by atoms with E-state index in [0.717, 1.165) is 24.1 Å². The fraction of sp³-hybridized carbons (Fsp3) is 0.351. The minimum atomic E-state index is -0.335. The number of nitrogens with zero attached hydrogens (tertiary/aromatic N) is 5. The van der Waals surface area contributed by atoms with Gasteiger partial charge >= 0.3 is 0 Å². The van der Waals surface area contributed by atoms with Crippen molar-refractivity contribution < 1.29 is 19.4 Å². The van der Waals surface area contributed by atoms with Crippen molar-refractivity contribution in [2.45, 2.75) is 38.9 Å². The van der Waals surface area contributed by atoms with Crippen molar-refractivity contribution in [2.75, 3.05) is 55.5 Å². The second-order valence-electron chi connectivity index (χ2n) is 12.4. The van der Waals surface area contributed by atoms with Crippen LogP contribution in [-0.2, 0) is 24.8 Å². The Bertz CT molecular complexity index is 1880. The summed E-state index contributed by atoms with van der Waals surface area (Å²) in [5, 5.41) is 13.7. The lowest BCUT2D eigenvalue weighted by atomic mass is 9.95. The quantitative estimate of drug-likeness (QED) is 0.270. The van der Waals surface area contributed by atoms with Gasteiger partial charge in [-0.05, 0) is 80.3 Å². The maximum absolute atomic E-state index is 13.7. The fourth-order valence-electron chi connectivity index (χ4n) is 6.51. The number of likely N-dealkylation sites (tertiary alicyclic amines) is 1. The molecule has 0 saturated carbocycles. The van der Waals surface area contributed by atoms with E-state index >= 15 is 0 Å². The van der Waals surface area contributed by atoms with Gasteiger partial charge in [0.25, 0.3) is 17.4 Å². The maximum Gasteiger partial charge on any atom is 0.293 e. The Morgan fingerprint density at radius 2 is 1.77 bits per heavy atom. The number of piperidine rings is 1. The number of fused-ring (bicyclic) bond motifs is 1. The summed E-state index contributed by atoms with van der Waals surface area (Å²) in [7, 11) is 5.59. The lowest BCUT2D eigenvalue weighted by Crippen LogP contribution is -2.40. The number of carbonyl (C=O) groups is 2. The van der Waals surface area contributed by atoms with Crippen LogP contribution in [0, 0.1) is 0 Å². The van der Waals surface area contributed by atoms with Crippen LogP contribution in [-0.4, -0.2) is 77.8 Å². The van der Waals surface area contributed by atoms with Crippen LogP contribution in [0.3, 0.4) is 0 Å². The minimum absolute atomic E-state index is 0.0297. The van der Waals surface area contributed by atoms with Crippen LogP contribution in [0.2, 0.25) is 0 Å². The molecular formula is C37H42N6O5. The highest BCUT2D eigenvalue weighted by Gasteiger charge is 2.29. The number of aromatic nitrogens is 2. The van der Waals surface area contributed by atoms with Crippen LogP contribution in [0.25, 0.3) is 11.3 Å². The van der Waals surface area contributed by atoms with Gasteiger partial charge in [-0.3, -0.25) is 14.4 Å². The van der Waals surface area contributed by atoms with Crippen molar-refractivity contribution in [3.63, 3.8) is 0 Å². The molecule has 4 aromatic rings. The Morgan fingerprint density at radius 1 is 1.02 bits per heavy atom. The summed E-state index contributed by atoms with van der Waals surface area (Å²) in [6.07, 6.45) is 4.16. The van der Waals surface area contributed by atoms with Gasteiger partial charge < -0.3 is 34.4 Å². The van der Waals surface area contributed by atoms with Crippen molar-refractivity contribution in [2.24, 2.45) is 7.05 Å². The Labute approximate surface area is 280 Å². The predicted octanol–water partition coefficient (Wildman–Crippen LogP) is 4.59. The molecule has 2 aliphatic rings. The van der Waals surface area contributed by atoms with E-state index in [0.29, 0.717) is 72.0 Å². The molecule has 0 bridgehead atoms. The molecule has 3 heterocycles. The first kappa shape index (κ1) is 32.9. The highest BCUT2D eigenvalue weighted by atomic mass is 16.5. The van der Waals surface area contributed by atoms with Crippen LogP contribution >= 0.6 is 0 Å². The Kier molecular flexibility index (Phi) is 9.61. The molecule has 11 nitrogen and oxygen atoms in total. The molecule has 2 aliphatic heterocycles. The van der Waals surface area contributed by atoms with Gasteiger partial charge in [0, 0.05) is 87.2 Å². The molecule has 6 rings (SSSR count). The highest BCUT2D eigenvalue weighted by molar-refractivity contribution is 6.09. The van der Waals surface area contributed by atoms with Crippen molar-refractivity contribution in [3.8, 4) is 11.3 Å². The first-order valence-electron chi connectivity index (χ1n) is 16.4. The van der Waals surface area contributed by atoms with Crippen molar-refractivity contribution in [3.05, 3.63) is 99.5 Å². The number of amides is 2. The smallest absolute Gasteiger partial charge is 0.293 e. The van der Waals surface area contributed by atoms with Crippen LogP contribution in [0.4, 0.5) is 22.9 Å². The van der Waals surface area contributed by atoms with E-state index in [-0.39, 0.29) is 35.9 Å². The summed E-state index contributed by atoms with van der Waals surface area (Å²) < 4.78 is 7.14. The van der Waals surface area contributed by atoms with E-state index in [1.807, 2.05) is 61.2 Å². The van der Waals surface area contributed by atoms with E-state index in [4.69, 9.17) is 4.74 Å². The zero-order valence-electron chi connectivity index (χ0n) is 27.9. The standard InChI is InChI=1S/C37H42N6O5/c1-5-48-28-16-18-42(19-17-28)35(45)24-9-11-26(12-10-24)38-34-37(47)41(4)22-32(39-34)30-7-6-8-33(31(30)23-44)43-20-15-25-21-27(40(2)3)13-14-29(25)36(43)46/h6-14,21-22,28,44H,5,15-20,23H2,1-4H3,(H,38,39). The lowest BCUT2D eigenvalue weighted by Gasteiger charge is -2.31. The molecule has 0 spiro atoms. The van der Waals surface area contributed by atoms with Crippen molar-refractivity contribution in [1.82, 2.24) is 14.5 Å². The number of aryl methyl sites for hydroxylation is 1. The Balaban J connectivity index is 1.23. The summed E-state index contributed by atoms with van der Waals surface area (Å²) >= 11 is 0. The fourth-order valence-corrected chi connectivity index (χ4v) is 6.51. The molecule has 0 unspecified atom stereocenters. The molecule has 1 saturated heterocycles. The number of benzene rings is 3. The topological polar surface area (TPSA) is 120 Å². The van der Waals surface area contributed by atoms with Crippen molar-refractivity contribution >= 4 is 34.7 Å². The second-order valence-corrected chi connectivity index (χ2v) is 12.4. The zero-order valence-corrected chi connectivity index (χ0v) is 27.9. The first-order chi connectivity index (χ1) is 23.2. The van der Waals surface area contributed by atoms with E-state index < -0.39 is 0 Å². The summed E-state index contributed by atoms with van der Waals surface area (Å²) in [6.45, 7) is 4.12. The SMILES string of the molecule is CCOC1CCN(C(=O)c2ccc(Nc3nc(-c4cccc(N5CCc6cc(N(C)C)ccc6C5=O)c4CO)cn(C)c3=O)cc2)CC1. The normalized spacial score (nSPS) is 15.0. The first-order valence-corrected chi connectivity index (χ1v) is 16.4. The molecule has 0 aliphatic carbocycles. The number of hydrogen-bond acceptors (Lipinski definition) is 8. The lowest BCUT2D eigenvalue weighted by molar-refractivity contribution is 0.0146. The number of anilines is 4. The van der Waals surface area contributed by atoms with Gasteiger partial charge in [-0.2, -0.15) is 0 Å². The zero-order chi connectivity index (χ0) is 33.9. The molecule has 48 heavy (non-hydrogen) atoms. The third-order valence-electron chi connectivity index (χ3n) is 9.16. The average Bonchev–Trinajstić information content (AvgIpc) is 3.10. The monoisotopic (exact) mass is 650 g/mol. The number of aliphatic hydroxyl groups excluding tert-OH is 1. The van der Waals surface area contributed by atoms with Gasteiger partial charge in [0.05, 0.1) is 24.1 Å². The highest BCUT2D eigenvalue weighted by Crippen LogP contribution is 2.34. The molecule has 0 atom stereocenters. The summed E-state index contributed by atoms with van der Waals surface area (Å²) in [4.78, 5) is 50.2. The molecule has 11 heteroatoms. The summed E-state index contributed by atoms with van der Waals surface area (Å²) in [6, 6.07) is 18.3.